The van der Waals surface area contributed by atoms with E-state index >= 15 is 0 Å². The van der Waals surface area contributed by atoms with Crippen molar-refractivity contribution >= 4 is 16.3 Å². The van der Waals surface area contributed by atoms with E-state index in [1.165, 1.54) is 0 Å². The van der Waals surface area contributed by atoms with E-state index in [0.29, 0.717) is 0 Å². The Bertz CT molecular complexity index is 379. The largest absolute Gasteiger partial charge is 0.524 e. The highest BCUT2D eigenvalue weighted by atomic mass is 32.2. The molecular formula is C11H21NO5S. The van der Waals surface area contributed by atoms with Crippen LogP contribution in [0.4, 0.5) is 4.79 Å². The Morgan fingerprint density at radius 1 is 1.28 bits per heavy atom. The minimum Gasteiger partial charge on any atom is -0.428 e. The number of rotatable bonds is 3. The summed E-state index contributed by atoms with van der Waals surface area (Å²) >= 11 is 0. The molecule has 0 bridgehead atoms. The molecule has 0 aromatic carbocycles. The molecule has 0 aromatic heterocycles. The van der Waals surface area contributed by atoms with Crippen LogP contribution in [0.3, 0.4) is 0 Å². The number of hydrogen-bond acceptors (Lipinski definition) is 6. The fourth-order valence-electron chi connectivity index (χ4n) is 1.74. The predicted octanol–water partition coefficient (Wildman–Crippen LogP) is 1.27. The van der Waals surface area contributed by atoms with Gasteiger partial charge in [-0.25, -0.2) is 4.79 Å². The van der Waals surface area contributed by atoms with Crippen molar-refractivity contribution in [2.45, 2.75) is 39.2 Å². The first-order chi connectivity index (χ1) is 8.18. The van der Waals surface area contributed by atoms with Gasteiger partial charge in [-0.05, 0) is 52.6 Å². The van der Waals surface area contributed by atoms with Gasteiger partial charge in [0, 0.05) is 0 Å². The van der Waals surface area contributed by atoms with E-state index < -0.39 is 21.9 Å². The lowest BCUT2D eigenvalue weighted by atomic mass is 10.0. The van der Waals surface area contributed by atoms with Crippen LogP contribution in [0.1, 0.15) is 33.6 Å². The van der Waals surface area contributed by atoms with E-state index in [0.717, 1.165) is 25.9 Å². The zero-order chi connectivity index (χ0) is 13.8. The Hall–Kier alpha value is -0.820. The van der Waals surface area contributed by atoms with E-state index in [1.54, 1.807) is 20.8 Å². The third-order valence-corrected chi connectivity index (χ3v) is 3.75. The van der Waals surface area contributed by atoms with Gasteiger partial charge in [0.25, 0.3) is 0 Å². The minimum atomic E-state index is -3.86. The van der Waals surface area contributed by atoms with Crippen LogP contribution in [-0.2, 0) is 19.0 Å². The molecule has 1 saturated heterocycles. The molecule has 0 radical (unpaired) electrons. The fourth-order valence-corrected chi connectivity index (χ4v) is 2.96. The SMILES string of the molecule is CC(C)(C)OC(=O)OS(=O)(=O)CC1CCNCC1. The lowest BCUT2D eigenvalue weighted by molar-refractivity contribution is 0.0221. The van der Waals surface area contributed by atoms with Crippen LogP contribution in [0.5, 0.6) is 0 Å². The van der Waals surface area contributed by atoms with Gasteiger partial charge < -0.3 is 14.2 Å². The van der Waals surface area contributed by atoms with Gasteiger partial charge in [0.1, 0.15) is 5.60 Å². The highest BCUT2D eigenvalue weighted by Gasteiger charge is 2.27. The topological polar surface area (TPSA) is 81.7 Å². The van der Waals surface area contributed by atoms with Gasteiger partial charge in [-0.1, -0.05) is 0 Å². The first kappa shape index (κ1) is 15.2. The fraction of sp³-hybridized carbons (Fsp3) is 0.909. The molecule has 0 spiro atoms. The number of carbonyl (C=O) groups excluding carboxylic acids is 1. The van der Waals surface area contributed by atoms with E-state index in [-0.39, 0.29) is 11.7 Å². The molecule has 1 fully saturated rings. The van der Waals surface area contributed by atoms with Gasteiger partial charge >= 0.3 is 16.3 Å². The van der Waals surface area contributed by atoms with Gasteiger partial charge in [-0.15, -0.1) is 0 Å². The molecule has 6 nitrogen and oxygen atoms in total. The predicted molar refractivity (Wildman–Crippen MR) is 66.7 cm³/mol. The van der Waals surface area contributed by atoms with Crippen LogP contribution >= 0.6 is 0 Å². The normalized spacial score (nSPS) is 18.4. The van der Waals surface area contributed by atoms with Crippen molar-refractivity contribution in [3.8, 4) is 0 Å². The summed E-state index contributed by atoms with van der Waals surface area (Å²) in [7, 11) is -3.86. The van der Waals surface area contributed by atoms with Gasteiger partial charge in [0.05, 0.1) is 5.75 Å². The maximum Gasteiger partial charge on any atom is 0.524 e. The number of nitrogens with one attached hydrogen (secondary N) is 1. The molecule has 0 atom stereocenters. The molecule has 0 aromatic rings. The second kappa shape index (κ2) is 5.88. The summed E-state index contributed by atoms with van der Waals surface area (Å²) in [5.41, 5.74) is -0.763. The van der Waals surface area contributed by atoms with Gasteiger partial charge in [0.15, 0.2) is 0 Å². The molecule has 0 aliphatic carbocycles. The first-order valence-corrected chi connectivity index (χ1v) is 7.61. The van der Waals surface area contributed by atoms with Crippen LogP contribution < -0.4 is 5.32 Å². The average Bonchev–Trinajstić information content (AvgIpc) is 2.13. The molecule has 7 heteroatoms. The van der Waals surface area contributed by atoms with Crippen LogP contribution in [0.15, 0.2) is 0 Å². The van der Waals surface area contributed by atoms with Crippen LogP contribution in [0.25, 0.3) is 0 Å². The number of hydrogen-bond donors (Lipinski definition) is 1. The van der Waals surface area contributed by atoms with Crippen LogP contribution in [-0.4, -0.2) is 39.0 Å². The molecule has 1 rings (SSSR count). The lowest BCUT2D eigenvalue weighted by Gasteiger charge is -2.22. The Morgan fingerprint density at radius 3 is 2.33 bits per heavy atom. The monoisotopic (exact) mass is 279 g/mol. The van der Waals surface area contributed by atoms with Crippen molar-refractivity contribution in [2.75, 3.05) is 18.8 Å². The van der Waals surface area contributed by atoms with Crippen molar-refractivity contribution < 1.29 is 22.1 Å². The minimum absolute atomic E-state index is 0.0405. The number of piperidine rings is 1. The van der Waals surface area contributed by atoms with Crippen molar-refractivity contribution in [1.82, 2.24) is 5.32 Å². The molecule has 106 valence electrons. The van der Waals surface area contributed by atoms with E-state index in [9.17, 15) is 13.2 Å². The van der Waals surface area contributed by atoms with Crippen LogP contribution in [0.2, 0.25) is 0 Å². The summed E-state index contributed by atoms with van der Waals surface area (Å²) in [6.07, 6.45) is 0.393. The molecule has 1 heterocycles. The van der Waals surface area contributed by atoms with Crippen molar-refractivity contribution in [3.05, 3.63) is 0 Å². The number of carbonyl (C=O) groups is 1. The molecule has 0 saturated carbocycles. The number of ether oxygens (including phenoxy) is 1. The van der Waals surface area contributed by atoms with E-state index in [1.807, 2.05) is 0 Å². The smallest absolute Gasteiger partial charge is 0.428 e. The van der Waals surface area contributed by atoms with Crippen molar-refractivity contribution in [1.29, 1.82) is 0 Å². The summed E-state index contributed by atoms with van der Waals surface area (Å²) < 4.78 is 32.5. The van der Waals surface area contributed by atoms with Gasteiger partial charge in [0.2, 0.25) is 0 Å². The zero-order valence-corrected chi connectivity index (χ0v) is 11.9. The molecule has 1 aliphatic heterocycles. The molecule has 1 aliphatic rings. The molecule has 0 amide bonds. The van der Waals surface area contributed by atoms with Gasteiger partial charge in [-0.2, -0.15) is 8.42 Å². The maximum absolute atomic E-state index is 11.7. The van der Waals surface area contributed by atoms with E-state index in [4.69, 9.17) is 4.74 Å². The van der Waals surface area contributed by atoms with Crippen molar-refractivity contribution in [2.24, 2.45) is 5.92 Å². The Morgan fingerprint density at radius 2 is 1.83 bits per heavy atom. The lowest BCUT2D eigenvalue weighted by Crippen LogP contribution is -2.33. The highest BCUT2D eigenvalue weighted by Crippen LogP contribution is 2.16. The standard InChI is InChI=1S/C11H21NO5S/c1-11(2,3)16-10(13)17-18(14,15)8-9-4-6-12-7-5-9/h9,12H,4-8H2,1-3H3. The molecule has 18 heavy (non-hydrogen) atoms. The summed E-state index contributed by atoms with van der Waals surface area (Å²) in [5, 5.41) is 3.15. The quantitative estimate of drug-likeness (QED) is 0.619. The second-order valence-corrected chi connectivity index (χ2v) is 7.08. The first-order valence-electron chi connectivity index (χ1n) is 6.04. The summed E-state index contributed by atoms with van der Waals surface area (Å²) in [6.45, 7) is 6.54. The molecule has 0 unspecified atom stereocenters. The maximum atomic E-state index is 11.7. The molecular weight excluding hydrogens is 258 g/mol. The summed E-state index contributed by atoms with van der Waals surface area (Å²) in [5.74, 6) is -0.0906. The molecule has 1 N–H and O–H groups in total. The summed E-state index contributed by atoms with van der Waals surface area (Å²) in [4.78, 5) is 11.3. The third kappa shape index (κ3) is 6.20. The van der Waals surface area contributed by atoms with Crippen LogP contribution in [0, 0.1) is 5.92 Å². The Labute approximate surface area is 108 Å². The summed E-state index contributed by atoms with van der Waals surface area (Å²) in [6, 6.07) is 0. The third-order valence-electron chi connectivity index (χ3n) is 2.48. The zero-order valence-electron chi connectivity index (χ0n) is 11.1. The van der Waals surface area contributed by atoms with Gasteiger partial charge in [-0.3, -0.25) is 0 Å². The Balaban J connectivity index is 2.46. The second-order valence-electron chi connectivity index (χ2n) is 5.47. The Kier molecular flexibility index (Phi) is 4.98. The van der Waals surface area contributed by atoms with Crippen molar-refractivity contribution in [3.63, 3.8) is 0 Å². The highest BCUT2D eigenvalue weighted by molar-refractivity contribution is 7.87. The average molecular weight is 279 g/mol. The van der Waals surface area contributed by atoms with E-state index in [2.05, 4.69) is 9.50 Å².